The average molecular weight is 393 g/mol. The molecule has 29 heavy (non-hydrogen) atoms. The van der Waals surface area contributed by atoms with Crippen LogP contribution in [0.1, 0.15) is 39.1 Å². The van der Waals surface area contributed by atoms with Crippen LogP contribution in [-0.4, -0.2) is 40.0 Å². The minimum absolute atomic E-state index is 0.0471. The molecule has 2 atom stereocenters. The van der Waals surface area contributed by atoms with Crippen LogP contribution in [0.5, 0.6) is 0 Å². The third kappa shape index (κ3) is 3.73. The fourth-order valence-corrected chi connectivity index (χ4v) is 3.81. The van der Waals surface area contributed by atoms with Gasteiger partial charge in [-0.3, -0.25) is 14.4 Å². The summed E-state index contributed by atoms with van der Waals surface area (Å²) in [7, 11) is 1.46. The van der Waals surface area contributed by atoms with Crippen molar-refractivity contribution in [1.29, 1.82) is 0 Å². The highest BCUT2D eigenvalue weighted by atomic mass is 16.3. The summed E-state index contributed by atoms with van der Waals surface area (Å²) in [5, 5.41) is 12.7. The van der Waals surface area contributed by atoms with Crippen molar-refractivity contribution in [2.45, 2.75) is 19.4 Å². The number of carbonyl (C=O) groups excluding carboxylic acids is 2. The van der Waals surface area contributed by atoms with Crippen molar-refractivity contribution in [3.63, 3.8) is 0 Å². The number of amides is 1. The predicted octanol–water partition coefficient (Wildman–Crippen LogP) is 1.94. The van der Waals surface area contributed by atoms with Gasteiger partial charge in [-0.1, -0.05) is 12.1 Å². The molecule has 3 N–H and O–H groups in total. The normalized spacial score (nSPS) is 18.0. The fraction of sp³-hybridized carbons (Fsp3) is 0.318. The zero-order valence-electron chi connectivity index (χ0n) is 16.1. The molecule has 1 fully saturated rings. The van der Waals surface area contributed by atoms with Gasteiger partial charge in [0.25, 0.3) is 11.5 Å². The lowest BCUT2D eigenvalue weighted by Gasteiger charge is -2.12. The number of ketones is 1. The summed E-state index contributed by atoms with van der Waals surface area (Å²) < 4.78 is 1.43. The number of H-pyrrole nitrogens is 1. The molecule has 0 bridgehead atoms. The number of rotatable bonds is 7. The molecule has 1 amide bonds. The maximum absolute atomic E-state index is 12.9. The van der Waals surface area contributed by atoms with Crippen LogP contribution in [0, 0.1) is 11.8 Å². The number of nitrogens with zero attached hydrogens (tertiary/aromatic N) is 1. The molecule has 3 aromatic rings. The first-order valence-electron chi connectivity index (χ1n) is 9.67. The van der Waals surface area contributed by atoms with E-state index in [1.165, 1.54) is 17.7 Å². The van der Waals surface area contributed by atoms with Crippen LogP contribution in [-0.2, 0) is 6.54 Å². The lowest BCUT2D eigenvalue weighted by atomic mass is 10.0. The largest absolute Gasteiger partial charge is 0.396 e. The van der Waals surface area contributed by atoms with Gasteiger partial charge in [0.2, 0.25) is 0 Å². The first kappa shape index (κ1) is 19.1. The van der Waals surface area contributed by atoms with Crippen LogP contribution in [0.4, 0.5) is 0 Å². The first-order valence-corrected chi connectivity index (χ1v) is 9.67. The molecule has 4 rings (SSSR count). The Balaban J connectivity index is 1.72. The van der Waals surface area contributed by atoms with Crippen molar-refractivity contribution in [3.05, 3.63) is 69.8 Å². The lowest BCUT2D eigenvalue weighted by molar-refractivity contribution is 0.0961. The standard InChI is InChI=1S/C22H23N3O4/c1-23-21(28)18-8-15(20(27)9-14-7-16(14)12-26)11-25(22(18)29)10-13-3-2-4-19-17(13)5-6-24-19/h2-6,8,11,14,16,24,26H,7,9-10,12H2,1H3,(H,23,28)/t14-,16-/m1/s1. The van der Waals surface area contributed by atoms with Crippen molar-refractivity contribution >= 4 is 22.6 Å². The van der Waals surface area contributed by atoms with E-state index in [0.717, 1.165) is 22.9 Å². The maximum atomic E-state index is 12.9. The molecular formula is C22H23N3O4. The Morgan fingerprint density at radius 3 is 2.83 bits per heavy atom. The van der Waals surface area contributed by atoms with Crippen molar-refractivity contribution in [1.82, 2.24) is 14.9 Å². The number of pyridine rings is 1. The monoisotopic (exact) mass is 393 g/mol. The molecule has 7 heteroatoms. The molecule has 150 valence electrons. The number of aliphatic hydroxyl groups is 1. The summed E-state index contributed by atoms with van der Waals surface area (Å²) in [6, 6.07) is 9.09. The number of aromatic amines is 1. The Morgan fingerprint density at radius 1 is 1.28 bits per heavy atom. The Kier molecular flexibility index (Phi) is 5.07. The van der Waals surface area contributed by atoms with Gasteiger partial charge in [-0.15, -0.1) is 0 Å². The summed E-state index contributed by atoms with van der Waals surface area (Å²) in [5.74, 6) is -0.290. The number of hydrogen-bond donors (Lipinski definition) is 3. The van der Waals surface area contributed by atoms with Crippen molar-refractivity contribution < 1.29 is 14.7 Å². The van der Waals surface area contributed by atoms with Crippen LogP contribution >= 0.6 is 0 Å². The molecule has 0 unspecified atom stereocenters. The summed E-state index contributed by atoms with van der Waals surface area (Å²) in [6.45, 7) is 0.337. The van der Waals surface area contributed by atoms with E-state index in [-0.39, 0.29) is 36.3 Å². The van der Waals surface area contributed by atoms with Gasteiger partial charge in [-0.05, 0) is 42.0 Å². The van der Waals surface area contributed by atoms with Gasteiger partial charge in [0, 0.05) is 48.9 Å². The number of nitrogens with one attached hydrogen (secondary N) is 2. The zero-order valence-corrected chi connectivity index (χ0v) is 16.1. The zero-order chi connectivity index (χ0) is 20.5. The van der Waals surface area contributed by atoms with Gasteiger partial charge in [0.15, 0.2) is 5.78 Å². The van der Waals surface area contributed by atoms with E-state index in [1.54, 1.807) is 6.20 Å². The minimum Gasteiger partial charge on any atom is -0.396 e. The number of hydrogen-bond acceptors (Lipinski definition) is 4. The maximum Gasteiger partial charge on any atom is 0.263 e. The topological polar surface area (TPSA) is 104 Å². The van der Waals surface area contributed by atoms with Crippen molar-refractivity contribution in [2.24, 2.45) is 11.8 Å². The van der Waals surface area contributed by atoms with Gasteiger partial charge < -0.3 is 20.0 Å². The van der Waals surface area contributed by atoms with Crippen molar-refractivity contribution in [3.8, 4) is 0 Å². The molecule has 2 heterocycles. The highest BCUT2D eigenvalue weighted by Gasteiger charge is 2.38. The summed E-state index contributed by atoms with van der Waals surface area (Å²) in [4.78, 5) is 41.1. The van der Waals surface area contributed by atoms with E-state index in [4.69, 9.17) is 0 Å². The van der Waals surface area contributed by atoms with E-state index >= 15 is 0 Å². The van der Waals surface area contributed by atoms with Gasteiger partial charge in [-0.2, -0.15) is 0 Å². The quantitative estimate of drug-likeness (QED) is 0.534. The highest BCUT2D eigenvalue weighted by Crippen LogP contribution is 2.41. The number of benzene rings is 1. The van der Waals surface area contributed by atoms with E-state index in [9.17, 15) is 19.5 Å². The first-order chi connectivity index (χ1) is 14.0. The molecule has 0 spiro atoms. The Hall–Kier alpha value is -3.19. The number of carbonyl (C=O) groups is 2. The molecule has 0 saturated heterocycles. The van der Waals surface area contributed by atoms with Crippen LogP contribution in [0.2, 0.25) is 0 Å². The smallest absolute Gasteiger partial charge is 0.263 e. The van der Waals surface area contributed by atoms with Crippen LogP contribution < -0.4 is 10.9 Å². The van der Waals surface area contributed by atoms with Gasteiger partial charge in [0.1, 0.15) is 5.56 Å². The average Bonchev–Trinajstić information content (AvgIpc) is 3.29. The second-order valence-electron chi connectivity index (χ2n) is 7.58. The summed E-state index contributed by atoms with van der Waals surface area (Å²) >= 11 is 0. The number of Topliss-reactive ketones (excluding diaryl/α,β-unsaturated/α-hetero) is 1. The lowest BCUT2D eigenvalue weighted by Crippen LogP contribution is -2.32. The Labute approximate surface area is 167 Å². The molecule has 2 aromatic heterocycles. The molecule has 0 aliphatic heterocycles. The van der Waals surface area contributed by atoms with E-state index in [0.29, 0.717) is 12.0 Å². The van der Waals surface area contributed by atoms with Crippen molar-refractivity contribution in [2.75, 3.05) is 13.7 Å². The highest BCUT2D eigenvalue weighted by molar-refractivity contribution is 6.00. The number of aliphatic hydroxyl groups excluding tert-OH is 1. The fourth-order valence-electron chi connectivity index (χ4n) is 3.81. The van der Waals surface area contributed by atoms with E-state index in [1.807, 2.05) is 30.5 Å². The van der Waals surface area contributed by atoms with Gasteiger partial charge in [0.05, 0.1) is 6.54 Å². The third-order valence-corrected chi connectivity index (χ3v) is 5.66. The van der Waals surface area contributed by atoms with Gasteiger partial charge >= 0.3 is 0 Å². The van der Waals surface area contributed by atoms with Crippen LogP contribution in [0.25, 0.3) is 10.9 Å². The van der Waals surface area contributed by atoms with E-state index < -0.39 is 11.5 Å². The second kappa shape index (κ2) is 7.67. The molecule has 7 nitrogen and oxygen atoms in total. The Morgan fingerprint density at radius 2 is 2.10 bits per heavy atom. The number of fused-ring (bicyclic) bond motifs is 1. The van der Waals surface area contributed by atoms with Gasteiger partial charge in [-0.25, -0.2) is 0 Å². The molecular weight excluding hydrogens is 370 g/mol. The molecule has 1 aromatic carbocycles. The molecule has 0 radical (unpaired) electrons. The predicted molar refractivity (Wildman–Crippen MR) is 109 cm³/mol. The van der Waals surface area contributed by atoms with Crippen LogP contribution in [0.15, 0.2) is 47.5 Å². The third-order valence-electron chi connectivity index (χ3n) is 5.66. The number of aromatic nitrogens is 2. The molecule has 1 aliphatic carbocycles. The molecule has 1 aliphatic rings. The summed E-state index contributed by atoms with van der Waals surface area (Å²) in [6.07, 6.45) is 4.52. The molecule has 1 saturated carbocycles. The SMILES string of the molecule is CNC(=O)c1cc(C(=O)C[C@H]2C[C@@H]2CO)cn(Cc2cccc3[nH]ccc23)c1=O. The second-order valence-corrected chi connectivity index (χ2v) is 7.58. The summed E-state index contributed by atoms with van der Waals surface area (Å²) in [5.41, 5.74) is 1.73. The van der Waals surface area contributed by atoms with Crippen LogP contribution in [0.3, 0.4) is 0 Å². The Bertz CT molecular complexity index is 1140. The van der Waals surface area contributed by atoms with E-state index in [2.05, 4.69) is 10.3 Å². The minimum atomic E-state index is -0.516.